The van der Waals surface area contributed by atoms with Crippen molar-refractivity contribution in [3.63, 3.8) is 0 Å². The van der Waals surface area contributed by atoms with Gasteiger partial charge in [-0.25, -0.2) is 0 Å². The third-order valence-electron chi connectivity index (χ3n) is 3.26. The Hall–Kier alpha value is -0.580. The SMILES string of the molecule is O=C(O)C1CCCN(Cc2ccc(Cl)cc2Br)C1. The molecule has 98 valence electrons. The maximum atomic E-state index is 11.0. The first-order chi connectivity index (χ1) is 8.56. The smallest absolute Gasteiger partial charge is 0.307 e. The Labute approximate surface area is 120 Å². The van der Waals surface area contributed by atoms with Crippen molar-refractivity contribution in [3.05, 3.63) is 33.3 Å². The van der Waals surface area contributed by atoms with Crippen molar-refractivity contribution in [3.8, 4) is 0 Å². The molecule has 18 heavy (non-hydrogen) atoms. The molecule has 1 aliphatic rings. The van der Waals surface area contributed by atoms with Crippen LogP contribution in [0.4, 0.5) is 0 Å². The third kappa shape index (κ3) is 3.46. The normalized spacial score (nSPS) is 20.9. The lowest BCUT2D eigenvalue weighted by Gasteiger charge is -2.30. The van der Waals surface area contributed by atoms with Crippen LogP contribution in [0, 0.1) is 5.92 Å². The zero-order valence-electron chi connectivity index (χ0n) is 9.90. The van der Waals surface area contributed by atoms with Gasteiger partial charge in [0.15, 0.2) is 0 Å². The minimum atomic E-state index is -0.685. The van der Waals surface area contributed by atoms with E-state index in [0.29, 0.717) is 11.6 Å². The van der Waals surface area contributed by atoms with E-state index in [4.69, 9.17) is 16.7 Å². The number of halogens is 2. The van der Waals surface area contributed by atoms with Crippen molar-refractivity contribution >= 4 is 33.5 Å². The average Bonchev–Trinajstić information content (AvgIpc) is 2.33. The number of hydrogen-bond acceptors (Lipinski definition) is 2. The van der Waals surface area contributed by atoms with Gasteiger partial charge in [-0.15, -0.1) is 0 Å². The Bertz CT molecular complexity index is 453. The summed E-state index contributed by atoms with van der Waals surface area (Å²) in [5.74, 6) is -0.917. The molecule has 5 heteroatoms. The molecule has 0 aliphatic carbocycles. The van der Waals surface area contributed by atoms with E-state index in [2.05, 4.69) is 20.8 Å². The second kappa shape index (κ2) is 6.04. The Morgan fingerprint density at radius 2 is 2.33 bits per heavy atom. The van der Waals surface area contributed by atoms with Crippen molar-refractivity contribution < 1.29 is 9.90 Å². The second-order valence-corrected chi connectivity index (χ2v) is 5.94. The molecule has 0 spiro atoms. The number of rotatable bonds is 3. The Kier molecular flexibility index (Phi) is 4.65. The minimum Gasteiger partial charge on any atom is -0.481 e. The van der Waals surface area contributed by atoms with Crippen LogP contribution in [0.15, 0.2) is 22.7 Å². The maximum absolute atomic E-state index is 11.0. The summed E-state index contributed by atoms with van der Waals surface area (Å²) in [7, 11) is 0. The lowest BCUT2D eigenvalue weighted by molar-refractivity contribution is -0.143. The number of nitrogens with zero attached hydrogens (tertiary/aromatic N) is 1. The first-order valence-corrected chi connectivity index (χ1v) is 7.12. The van der Waals surface area contributed by atoms with Crippen LogP contribution in [0.25, 0.3) is 0 Å². The van der Waals surface area contributed by atoms with E-state index < -0.39 is 5.97 Å². The van der Waals surface area contributed by atoms with Gasteiger partial charge < -0.3 is 5.11 Å². The highest BCUT2D eigenvalue weighted by atomic mass is 79.9. The molecular weight excluding hydrogens is 318 g/mol. The van der Waals surface area contributed by atoms with E-state index in [0.717, 1.165) is 36.0 Å². The fourth-order valence-corrected chi connectivity index (χ4v) is 3.10. The second-order valence-electron chi connectivity index (χ2n) is 4.65. The molecule has 1 N–H and O–H groups in total. The van der Waals surface area contributed by atoms with E-state index in [-0.39, 0.29) is 5.92 Å². The van der Waals surface area contributed by atoms with E-state index in [1.807, 2.05) is 18.2 Å². The van der Waals surface area contributed by atoms with E-state index >= 15 is 0 Å². The minimum absolute atomic E-state index is 0.232. The molecule has 3 nitrogen and oxygen atoms in total. The first-order valence-electron chi connectivity index (χ1n) is 5.95. The zero-order valence-corrected chi connectivity index (χ0v) is 12.2. The molecule has 1 atom stereocenters. The van der Waals surface area contributed by atoms with Crippen LogP contribution in [0.3, 0.4) is 0 Å². The summed E-state index contributed by atoms with van der Waals surface area (Å²) >= 11 is 9.39. The number of aliphatic carboxylic acids is 1. The monoisotopic (exact) mass is 331 g/mol. The van der Waals surface area contributed by atoms with E-state index in [1.54, 1.807) is 0 Å². The average molecular weight is 333 g/mol. The highest BCUT2D eigenvalue weighted by Gasteiger charge is 2.25. The summed E-state index contributed by atoms with van der Waals surface area (Å²) in [6.45, 7) is 2.35. The van der Waals surface area contributed by atoms with Gasteiger partial charge >= 0.3 is 5.97 Å². The molecule has 2 rings (SSSR count). The quantitative estimate of drug-likeness (QED) is 0.922. The molecule has 1 aromatic rings. The van der Waals surface area contributed by atoms with E-state index in [1.165, 1.54) is 0 Å². The molecule has 1 unspecified atom stereocenters. The van der Waals surface area contributed by atoms with Crippen molar-refractivity contribution in [2.24, 2.45) is 5.92 Å². The predicted molar refractivity (Wildman–Crippen MR) is 74.8 cm³/mol. The number of carboxylic acid groups (broad SMARTS) is 1. The van der Waals surface area contributed by atoms with Gasteiger partial charge in [0.05, 0.1) is 5.92 Å². The molecule has 0 radical (unpaired) electrons. The van der Waals surface area contributed by atoms with Crippen LogP contribution in [-0.2, 0) is 11.3 Å². The van der Waals surface area contributed by atoms with Crippen LogP contribution < -0.4 is 0 Å². The summed E-state index contributed by atoms with van der Waals surface area (Å²) in [5.41, 5.74) is 1.14. The largest absolute Gasteiger partial charge is 0.481 e. The summed E-state index contributed by atoms with van der Waals surface area (Å²) in [4.78, 5) is 13.2. The van der Waals surface area contributed by atoms with Gasteiger partial charge in [-0.1, -0.05) is 33.6 Å². The van der Waals surface area contributed by atoms with Gasteiger partial charge in [0.25, 0.3) is 0 Å². The first kappa shape index (κ1) is 13.8. The summed E-state index contributed by atoms with van der Waals surface area (Å²) in [6, 6.07) is 5.71. The number of likely N-dealkylation sites (tertiary alicyclic amines) is 1. The maximum Gasteiger partial charge on any atom is 0.307 e. The molecule has 1 fully saturated rings. The fraction of sp³-hybridized carbons (Fsp3) is 0.462. The zero-order chi connectivity index (χ0) is 13.1. The third-order valence-corrected chi connectivity index (χ3v) is 4.24. The van der Waals surface area contributed by atoms with Crippen molar-refractivity contribution in [1.82, 2.24) is 4.90 Å². The van der Waals surface area contributed by atoms with Crippen LogP contribution in [0.5, 0.6) is 0 Å². The molecule has 0 aromatic heterocycles. The fourth-order valence-electron chi connectivity index (χ4n) is 2.29. The molecule has 0 bridgehead atoms. The topological polar surface area (TPSA) is 40.5 Å². The summed E-state index contributed by atoms with van der Waals surface area (Å²) in [5, 5.41) is 9.76. The van der Waals surface area contributed by atoms with E-state index in [9.17, 15) is 4.79 Å². The highest BCUT2D eigenvalue weighted by molar-refractivity contribution is 9.10. The Balaban J connectivity index is 2.02. The summed E-state index contributed by atoms with van der Waals surface area (Å²) in [6.07, 6.45) is 1.73. The van der Waals surface area contributed by atoms with Gasteiger partial charge in [-0.2, -0.15) is 0 Å². The van der Waals surface area contributed by atoms with Crippen molar-refractivity contribution in [1.29, 1.82) is 0 Å². The van der Waals surface area contributed by atoms with Crippen LogP contribution in [0.1, 0.15) is 18.4 Å². The van der Waals surface area contributed by atoms with Crippen molar-refractivity contribution in [2.45, 2.75) is 19.4 Å². The van der Waals surface area contributed by atoms with Gasteiger partial charge in [0.1, 0.15) is 0 Å². The van der Waals surface area contributed by atoms with Crippen LogP contribution in [-0.4, -0.2) is 29.1 Å². The predicted octanol–water partition coefficient (Wildman–Crippen LogP) is 3.40. The number of piperidine rings is 1. The number of hydrogen-bond donors (Lipinski definition) is 1. The molecule has 0 saturated carbocycles. The van der Waals surface area contributed by atoms with Gasteiger partial charge in [-0.05, 0) is 37.1 Å². The molecule has 1 heterocycles. The molecule has 1 aromatic carbocycles. The number of carbonyl (C=O) groups is 1. The Morgan fingerprint density at radius 3 is 3.00 bits per heavy atom. The number of benzene rings is 1. The molecule has 1 saturated heterocycles. The Morgan fingerprint density at radius 1 is 1.56 bits per heavy atom. The molecule has 0 amide bonds. The highest BCUT2D eigenvalue weighted by Crippen LogP contribution is 2.25. The number of carboxylic acids is 1. The van der Waals surface area contributed by atoms with Crippen LogP contribution in [0.2, 0.25) is 5.02 Å². The lowest BCUT2D eigenvalue weighted by atomic mass is 9.98. The molecular formula is C13H15BrClNO2. The lowest BCUT2D eigenvalue weighted by Crippen LogP contribution is -2.38. The van der Waals surface area contributed by atoms with Crippen molar-refractivity contribution in [2.75, 3.05) is 13.1 Å². The summed E-state index contributed by atoms with van der Waals surface area (Å²) < 4.78 is 0.979. The van der Waals surface area contributed by atoms with Crippen LogP contribution >= 0.6 is 27.5 Å². The molecule has 1 aliphatic heterocycles. The van der Waals surface area contributed by atoms with Gasteiger partial charge in [0, 0.05) is 22.6 Å². The van der Waals surface area contributed by atoms with Gasteiger partial charge in [0.2, 0.25) is 0 Å². The standard InChI is InChI=1S/C13H15BrClNO2/c14-12-6-11(15)4-3-9(12)7-16-5-1-2-10(8-16)13(17)18/h3-4,6,10H,1-2,5,7-8H2,(H,17,18). The van der Waals surface area contributed by atoms with Gasteiger partial charge in [-0.3, -0.25) is 9.69 Å².